The highest BCUT2D eigenvalue weighted by atomic mass is 16.1. The Balaban J connectivity index is 2.74. The number of H-pyrrole nitrogens is 1. The van der Waals surface area contributed by atoms with Gasteiger partial charge in [-0.05, 0) is 19.1 Å². The van der Waals surface area contributed by atoms with E-state index in [0.717, 1.165) is 11.2 Å². The van der Waals surface area contributed by atoms with Gasteiger partial charge in [0.15, 0.2) is 0 Å². The van der Waals surface area contributed by atoms with Crippen LogP contribution in [0.5, 0.6) is 0 Å². The Morgan fingerprint density at radius 2 is 2.12 bits per heavy atom. The van der Waals surface area contributed by atoms with Gasteiger partial charge in [0.1, 0.15) is 17.3 Å². The molecule has 4 nitrogen and oxygen atoms in total. The molecule has 3 rings (SSSR count). The van der Waals surface area contributed by atoms with Gasteiger partial charge in [-0.2, -0.15) is 5.26 Å². The van der Waals surface area contributed by atoms with Gasteiger partial charge in [-0.1, -0.05) is 12.1 Å². The van der Waals surface area contributed by atoms with Crippen molar-refractivity contribution in [3.63, 3.8) is 0 Å². The second-order valence-corrected chi connectivity index (χ2v) is 3.99. The van der Waals surface area contributed by atoms with Gasteiger partial charge < -0.3 is 4.98 Å². The first-order valence-corrected chi connectivity index (χ1v) is 5.25. The number of aromatic nitrogens is 2. The summed E-state index contributed by atoms with van der Waals surface area (Å²) in [7, 11) is 0. The van der Waals surface area contributed by atoms with Crippen molar-refractivity contribution in [3.8, 4) is 6.07 Å². The number of hydrogen-bond donors (Lipinski definition) is 1. The fourth-order valence-electron chi connectivity index (χ4n) is 2.13. The maximum atomic E-state index is 12.1. The van der Waals surface area contributed by atoms with Crippen molar-refractivity contribution in [2.75, 3.05) is 0 Å². The minimum absolute atomic E-state index is 0.164. The molecule has 0 unspecified atom stereocenters. The summed E-state index contributed by atoms with van der Waals surface area (Å²) in [4.78, 5) is 15.2. The van der Waals surface area contributed by atoms with Crippen LogP contribution in [-0.4, -0.2) is 9.38 Å². The highest BCUT2D eigenvalue weighted by Crippen LogP contribution is 2.16. The lowest BCUT2D eigenvalue weighted by molar-refractivity contribution is 1.23. The zero-order valence-electron chi connectivity index (χ0n) is 9.19. The van der Waals surface area contributed by atoms with E-state index in [0.29, 0.717) is 11.0 Å². The molecule has 3 aromatic rings. The molecule has 0 spiro atoms. The smallest absolute Gasteiger partial charge is 0.209 e. The average molecular weight is 223 g/mol. The van der Waals surface area contributed by atoms with Crippen LogP contribution in [0.15, 0.2) is 35.3 Å². The van der Waals surface area contributed by atoms with Gasteiger partial charge >= 0.3 is 0 Å². The van der Waals surface area contributed by atoms with Crippen LogP contribution in [0.2, 0.25) is 0 Å². The summed E-state index contributed by atoms with van der Waals surface area (Å²) in [5.41, 5.74) is 2.24. The Labute approximate surface area is 96.7 Å². The fourth-order valence-corrected chi connectivity index (χ4v) is 2.13. The molecule has 0 amide bonds. The zero-order chi connectivity index (χ0) is 12.0. The van der Waals surface area contributed by atoms with Crippen molar-refractivity contribution >= 4 is 16.6 Å². The minimum Gasteiger partial charge on any atom is -0.343 e. The van der Waals surface area contributed by atoms with Gasteiger partial charge in [-0.15, -0.1) is 0 Å². The Morgan fingerprint density at radius 1 is 1.35 bits per heavy atom. The third-order valence-corrected chi connectivity index (χ3v) is 2.86. The Kier molecular flexibility index (Phi) is 1.83. The van der Waals surface area contributed by atoms with Crippen molar-refractivity contribution in [2.45, 2.75) is 6.92 Å². The molecule has 0 fully saturated rings. The van der Waals surface area contributed by atoms with Crippen LogP contribution in [-0.2, 0) is 0 Å². The summed E-state index contributed by atoms with van der Waals surface area (Å²) in [5.74, 6) is 0. The van der Waals surface area contributed by atoms with E-state index in [9.17, 15) is 4.79 Å². The van der Waals surface area contributed by atoms with Crippen LogP contribution in [0, 0.1) is 18.3 Å². The summed E-state index contributed by atoms with van der Waals surface area (Å²) in [6.45, 7) is 1.90. The van der Waals surface area contributed by atoms with Crippen molar-refractivity contribution < 1.29 is 0 Å². The second kappa shape index (κ2) is 3.22. The summed E-state index contributed by atoms with van der Waals surface area (Å²) < 4.78 is 1.85. The molecule has 2 aromatic heterocycles. The Bertz CT molecular complexity index is 833. The maximum Gasteiger partial charge on any atom is 0.209 e. The van der Waals surface area contributed by atoms with E-state index in [1.807, 2.05) is 35.7 Å². The SMILES string of the molecule is Cc1cn2c([nH]1)c(C#N)c(=O)c1ccccc12. The molecule has 0 radical (unpaired) electrons. The Morgan fingerprint density at radius 3 is 2.88 bits per heavy atom. The summed E-state index contributed by atoms with van der Waals surface area (Å²) in [5, 5.41) is 9.67. The molecule has 0 saturated heterocycles. The molecule has 1 aromatic carbocycles. The first-order valence-electron chi connectivity index (χ1n) is 5.25. The monoisotopic (exact) mass is 223 g/mol. The number of nitriles is 1. The molecule has 0 aliphatic rings. The predicted molar refractivity (Wildman–Crippen MR) is 65.0 cm³/mol. The van der Waals surface area contributed by atoms with Gasteiger partial charge in [0, 0.05) is 17.3 Å². The van der Waals surface area contributed by atoms with Crippen LogP contribution in [0.1, 0.15) is 11.3 Å². The number of aromatic amines is 1. The van der Waals surface area contributed by atoms with Crippen molar-refractivity contribution in [3.05, 3.63) is 51.9 Å². The molecular formula is C13H9N3O. The molecule has 2 heterocycles. The number of pyridine rings is 1. The normalized spacial score (nSPS) is 10.8. The number of rotatable bonds is 0. The molecule has 0 saturated carbocycles. The summed E-state index contributed by atoms with van der Waals surface area (Å²) in [6.07, 6.45) is 1.89. The number of nitrogens with one attached hydrogen (secondary N) is 1. The van der Waals surface area contributed by atoms with E-state index >= 15 is 0 Å². The van der Waals surface area contributed by atoms with Gasteiger partial charge in [0.05, 0.1) is 5.52 Å². The molecule has 0 atom stereocenters. The second-order valence-electron chi connectivity index (χ2n) is 3.99. The van der Waals surface area contributed by atoms with E-state index in [4.69, 9.17) is 5.26 Å². The highest BCUT2D eigenvalue weighted by molar-refractivity contribution is 5.84. The van der Waals surface area contributed by atoms with Crippen molar-refractivity contribution in [2.24, 2.45) is 0 Å². The van der Waals surface area contributed by atoms with E-state index in [1.165, 1.54) is 0 Å². The molecule has 82 valence electrons. The standard InChI is InChI=1S/C13H9N3O/c1-8-7-16-11-5-3-2-4-9(11)12(17)10(6-14)13(16)15-8/h2-5,7,15H,1H3. The Hall–Kier alpha value is -2.54. The first kappa shape index (κ1) is 9.67. The number of fused-ring (bicyclic) bond motifs is 3. The molecule has 4 heteroatoms. The van der Waals surface area contributed by atoms with Gasteiger partial charge in [-0.3, -0.25) is 9.20 Å². The minimum atomic E-state index is -0.218. The topological polar surface area (TPSA) is 61.1 Å². The molecular weight excluding hydrogens is 214 g/mol. The van der Waals surface area contributed by atoms with Crippen molar-refractivity contribution in [1.29, 1.82) is 5.26 Å². The van der Waals surface area contributed by atoms with Crippen LogP contribution in [0.4, 0.5) is 0 Å². The third kappa shape index (κ3) is 1.20. The molecule has 0 bridgehead atoms. The quantitative estimate of drug-likeness (QED) is 0.633. The van der Waals surface area contributed by atoms with E-state index in [-0.39, 0.29) is 11.0 Å². The van der Waals surface area contributed by atoms with Gasteiger partial charge in [-0.25, -0.2) is 0 Å². The fraction of sp³-hybridized carbons (Fsp3) is 0.0769. The first-order chi connectivity index (χ1) is 8.22. The third-order valence-electron chi connectivity index (χ3n) is 2.86. The predicted octanol–water partition coefficient (Wildman–Crippen LogP) is 1.96. The van der Waals surface area contributed by atoms with Gasteiger partial charge in [0.2, 0.25) is 5.43 Å². The maximum absolute atomic E-state index is 12.1. The van der Waals surface area contributed by atoms with Crippen molar-refractivity contribution in [1.82, 2.24) is 9.38 Å². The molecule has 17 heavy (non-hydrogen) atoms. The number of imidazole rings is 1. The van der Waals surface area contributed by atoms with Gasteiger partial charge in [0.25, 0.3) is 0 Å². The lowest BCUT2D eigenvalue weighted by Crippen LogP contribution is -2.10. The lowest BCUT2D eigenvalue weighted by atomic mass is 10.1. The number of nitrogens with zero attached hydrogens (tertiary/aromatic N) is 2. The number of aryl methyl sites for hydroxylation is 1. The average Bonchev–Trinajstić information content (AvgIpc) is 2.72. The van der Waals surface area contributed by atoms with Crippen LogP contribution >= 0.6 is 0 Å². The van der Waals surface area contributed by atoms with Crippen LogP contribution in [0.25, 0.3) is 16.6 Å². The molecule has 1 N–H and O–H groups in total. The van der Waals surface area contributed by atoms with E-state index < -0.39 is 0 Å². The lowest BCUT2D eigenvalue weighted by Gasteiger charge is -2.02. The highest BCUT2D eigenvalue weighted by Gasteiger charge is 2.12. The van der Waals surface area contributed by atoms with Crippen LogP contribution < -0.4 is 5.43 Å². The molecule has 0 aliphatic heterocycles. The number of hydrogen-bond acceptors (Lipinski definition) is 2. The largest absolute Gasteiger partial charge is 0.343 e. The summed E-state index contributed by atoms with van der Waals surface area (Å²) >= 11 is 0. The van der Waals surface area contributed by atoms with E-state index in [2.05, 4.69) is 4.98 Å². The van der Waals surface area contributed by atoms with E-state index in [1.54, 1.807) is 12.1 Å². The molecule has 0 aliphatic carbocycles. The number of para-hydroxylation sites is 1. The zero-order valence-corrected chi connectivity index (χ0v) is 9.19. The van der Waals surface area contributed by atoms with Crippen LogP contribution in [0.3, 0.4) is 0 Å². The number of benzene rings is 1. The summed E-state index contributed by atoms with van der Waals surface area (Å²) in [6, 6.07) is 9.28.